The van der Waals surface area contributed by atoms with Crippen LogP contribution < -0.4 is 5.73 Å². The third-order valence-electron chi connectivity index (χ3n) is 2.71. The average molecular weight is 177 g/mol. The van der Waals surface area contributed by atoms with E-state index in [9.17, 15) is 0 Å². The molecular weight excluding hydrogens is 162 g/mol. The van der Waals surface area contributed by atoms with Gasteiger partial charge in [0.05, 0.1) is 0 Å². The van der Waals surface area contributed by atoms with Crippen LogP contribution in [0.25, 0.3) is 0 Å². The molecule has 1 aliphatic rings. The predicted molar refractivity (Wildman–Crippen MR) is 53.6 cm³/mol. The summed E-state index contributed by atoms with van der Waals surface area (Å²) in [5.41, 5.74) is 9.57. The molecule has 2 N–H and O–H groups in total. The molecule has 2 heteroatoms. The SMILES string of the molecule is COCC1Cc2cccc(N)c2C1. The summed E-state index contributed by atoms with van der Waals surface area (Å²) in [4.78, 5) is 0. The Kier molecular flexibility index (Phi) is 2.23. The molecule has 1 unspecified atom stereocenters. The van der Waals surface area contributed by atoms with Crippen molar-refractivity contribution in [3.63, 3.8) is 0 Å². The van der Waals surface area contributed by atoms with Gasteiger partial charge in [-0.2, -0.15) is 0 Å². The first-order valence-corrected chi connectivity index (χ1v) is 4.66. The van der Waals surface area contributed by atoms with Crippen LogP contribution in [0, 0.1) is 5.92 Å². The summed E-state index contributed by atoms with van der Waals surface area (Å²) in [6.07, 6.45) is 2.20. The van der Waals surface area contributed by atoms with Crippen LogP contribution in [-0.4, -0.2) is 13.7 Å². The van der Waals surface area contributed by atoms with Gasteiger partial charge in [0, 0.05) is 19.4 Å². The second kappa shape index (κ2) is 3.38. The molecule has 0 radical (unpaired) electrons. The fourth-order valence-electron chi connectivity index (χ4n) is 2.12. The Morgan fingerprint density at radius 3 is 3.00 bits per heavy atom. The number of rotatable bonds is 2. The van der Waals surface area contributed by atoms with E-state index < -0.39 is 0 Å². The third-order valence-corrected chi connectivity index (χ3v) is 2.71. The average Bonchev–Trinajstić information content (AvgIpc) is 2.49. The lowest BCUT2D eigenvalue weighted by Crippen LogP contribution is -2.07. The van der Waals surface area contributed by atoms with Crippen LogP contribution in [0.15, 0.2) is 18.2 Å². The summed E-state index contributed by atoms with van der Waals surface area (Å²) >= 11 is 0. The van der Waals surface area contributed by atoms with E-state index in [1.807, 2.05) is 12.1 Å². The van der Waals surface area contributed by atoms with E-state index in [0.717, 1.165) is 25.1 Å². The zero-order valence-electron chi connectivity index (χ0n) is 7.92. The zero-order valence-corrected chi connectivity index (χ0v) is 7.92. The number of nitrogen functional groups attached to an aromatic ring is 1. The number of fused-ring (bicyclic) bond motifs is 1. The van der Waals surface area contributed by atoms with Crippen molar-refractivity contribution in [2.24, 2.45) is 5.92 Å². The normalized spacial score (nSPS) is 20.2. The quantitative estimate of drug-likeness (QED) is 0.697. The Labute approximate surface area is 78.7 Å². The molecule has 2 nitrogen and oxygen atoms in total. The highest BCUT2D eigenvalue weighted by molar-refractivity contribution is 5.53. The second-order valence-electron chi connectivity index (χ2n) is 3.71. The summed E-state index contributed by atoms with van der Waals surface area (Å²) in [5, 5.41) is 0. The van der Waals surface area contributed by atoms with Gasteiger partial charge in [-0.25, -0.2) is 0 Å². The minimum absolute atomic E-state index is 0.629. The molecule has 0 saturated heterocycles. The summed E-state index contributed by atoms with van der Waals surface area (Å²) in [6, 6.07) is 6.18. The lowest BCUT2D eigenvalue weighted by molar-refractivity contribution is 0.156. The first-order valence-electron chi connectivity index (χ1n) is 4.66. The highest BCUT2D eigenvalue weighted by Gasteiger charge is 2.22. The largest absolute Gasteiger partial charge is 0.398 e. The summed E-state index contributed by atoms with van der Waals surface area (Å²) < 4.78 is 5.16. The maximum absolute atomic E-state index is 5.89. The number of hydrogen-bond acceptors (Lipinski definition) is 2. The topological polar surface area (TPSA) is 35.2 Å². The number of hydrogen-bond donors (Lipinski definition) is 1. The van der Waals surface area contributed by atoms with E-state index >= 15 is 0 Å². The van der Waals surface area contributed by atoms with Crippen molar-refractivity contribution in [2.45, 2.75) is 12.8 Å². The molecule has 0 spiro atoms. The van der Waals surface area contributed by atoms with Gasteiger partial charge in [0.15, 0.2) is 0 Å². The fourth-order valence-corrected chi connectivity index (χ4v) is 2.12. The molecule has 0 aromatic heterocycles. The van der Waals surface area contributed by atoms with Gasteiger partial charge < -0.3 is 10.5 Å². The summed E-state index contributed by atoms with van der Waals surface area (Å²) in [5.74, 6) is 0.629. The maximum atomic E-state index is 5.89. The highest BCUT2D eigenvalue weighted by atomic mass is 16.5. The van der Waals surface area contributed by atoms with Gasteiger partial charge in [-0.05, 0) is 36.0 Å². The lowest BCUT2D eigenvalue weighted by atomic mass is 10.1. The van der Waals surface area contributed by atoms with Gasteiger partial charge in [0.1, 0.15) is 0 Å². The van der Waals surface area contributed by atoms with E-state index in [1.165, 1.54) is 11.1 Å². The predicted octanol–water partition coefficient (Wildman–Crippen LogP) is 1.63. The highest BCUT2D eigenvalue weighted by Crippen LogP contribution is 2.30. The van der Waals surface area contributed by atoms with E-state index in [-0.39, 0.29) is 0 Å². The first kappa shape index (κ1) is 8.57. The molecule has 0 fully saturated rings. The van der Waals surface area contributed by atoms with Crippen molar-refractivity contribution in [1.82, 2.24) is 0 Å². The van der Waals surface area contributed by atoms with Crippen molar-refractivity contribution >= 4 is 5.69 Å². The van der Waals surface area contributed by atoms with Crippen molar-refractivity contribution in [3.8, 4) is 0 Å². The van der Waals surface area contributed by atoms with Crippen LogP contribution in [0.5, 0.6) is 0 Å². The third kappa shape index (κ3) is 1.54. The zero-order chi connectivity index (χ0) is 9.26. The number of anilines is 1. The Balaban J connectivity index is 2.20. The molecule has 1 aromatic rings. The van der Waals surface area contributed by atoms with Gasteiger partial charge in [-0.1, -0.05) is 12.1 Å². The number of nitrogens with two attached hydrogens (primary N) is 1. The minimum atomic E-state index is 0.629. The van der Waals surface area contributed by atoms with Crippen molar-refractivity contribution in [3.05, 3.63) is 29.3 Å². The Bertz CT molecular complexity index is 309. The van der Waals surface area contributed by atoms with Crippen molar-refractivity contribution in [1.29, 1.82) is 0 Å². The molecule has 2 rings (SSSR count). The lowest BCUT2D eigenvalue weighted by Gasteiger charge is -2.05. The van der Waals surface area contributed by atoms with Gasteiger partial charge >= 0.3 is 0 Å². The molecule has 0 bridgehead atoms. The standard InChI is InChI=1S/C11H15NO/c1-13-7-8-5-9-3-2-4-11(12)10(9)6-8/h2-4,8H,5-7,12H2,1H3. The minimum Gasteiger partial charge on any atom is -0.398 e. The number of benzene rings is 1. The van der Waals surface area contributed by atoms with Crippen LogP contribution >= 0.6 is 0 Å². The number of ether oxygens (including phenoxy) is 1. The van der Waals surface area contributed by atoms with Crippen LogP contribution in [0.2, 0.25) is 0 Å². The van der Waals surface area contributed by atoms with Gasteiger partial charge in [-0.3, -0.25) is 0 Å². The van der Waals surface area contributed by atoms with Crippen LogP contribution in [0.1, 0.15) is 11.1 Å². The second-order valence-corrected chi connectivity index (χ2v) is 3.71. The van der Waals surface area contributed by atoms with Crippen molar-refractivity contribution < 1.29 is 4.74 Å². The van der Waals surface area contributed by atoms with Crippen LogP contribution in [0.4, 0.5) is 5.69 Å². The van der Waals surface area contributed by atoms with Gasteiger partial charge in [-0.15, -0.1) is 0 Å². The van der Waals surface area contributed by atoms with Crippen molar-refractivity contribution in [2.75, 3.05) is 19.5 Å². The van der Waals surface area contributed by atoms with E-state index in [2.05, 4.69) is 6.07 Å². The molecule has 1 aromatic carbocycles. The first-order chi connectivity index (χ1) is 6.31. The van der Waals surface area contributed by atoms with Crippen LogP contribution in [0.3, 0.4) is 0 Å². The molecule has 0 amide bonds. The fraction of sp³-hybridized carbons (Fsp3) is 0.455. The smallest absolute Gasteiger partial charge is 0.0496 e. The van der Waals surface area contributed by atoms with Gasteiger partial charge in [0.2, 0.25) is 0 Å². The maximum Gasteiger partial charge on any atom is 0.0496 e. The Hall–Kier alpha value is -1.02. The van der Waals surface area contributed by atoms with Crippen LogP contribution in [-0.2, 0) is 17.6 Å². The molecule has 0 heterocycles. The monoisotopic (exact) mass is 177 g/mol. The van der Waals surface area contributed by atoms with Gasteiger partial charge in [0.25, 0.3) is 0 Å². The summed E-state index contributed by atoms with van der Waals surface area (Å²) in [6.45, 7) is 0.841. The summed E-state index contributed by atoms with van der Waals surface area (Å²) in [7, 11) is 1.76. The Morgan fingerprint density at radius 2 is 2.31 bits per heavy atom. The molecule has 0 saturated carbocycles. The molecule has 70 valence electrons. The molecule has 1 aliphatic carbocycles. The van der Waals surface area contributed by atoms with E-state index in [4.69, 9.17) is 10.5 Å². The molecular formula is C11H15NO. The van der Waals surface area contributed by atoms with E-state index in [1.54, 1.807) is 7.11 Å². The van der Waals surface area contributed by atoms with E-state index in [0.29, 0.717) is 5.92 Å². The molecule has 13 heavy (non-hydrogen) atoms. The molecule has 1 atom stereocenters. The molecule has 0 aliphatic heterocycles. The number of methoxy groups -OCH3 is 1. The Morgan fingerprint density at radius 1 is 1.46 bits per heavy atom.